The van der Waals surface area contributed by atoms with Gasteiger partial charge in [-0.25, -0.2) is 0 Å². The molecule has 1 aliphatic heterocycles. The molecule has 3 rings (SSSR count). The van der Waals surface area contributed by atoms with Crippen LogP contribution in [0.3, 0.4) is 0 Å². The molecule has 2 aromatic rings. The molecule has 0 unspecified atom stereocenters. The van der Waals surface area contributed by atoms with Crippen LogP contribution in [0.4, 0.5) is 13.2 Å². The first-order valence-corrected chi connectivity index (χ1v) is 9.05. The molecule has 0 saturated carbocycles. The van der Waals surface area contributed by atoms with Crippen LogP contribution in [0.25, 0.3) is 0 Å². The van der Waals surface area contributed by atoms with Crippen LogP contribution >= 0.6 is 11.6 Å². The molecule has 1 N–H and O–H groups in total. The Balaban J connectivity index is 1.83. The predicted molar refractivity (Wildman–Crippen MR) is 98.8 cm³/mol. The number of ether oxygens (including phenoxy) is 2. The molecular formula is C20H21ClF3NO2. The van der Waals surface area contributed by atoms with Gasteiger partial charge in [0.1, 0.15) is 0 Å². The lowest BCUT2D eigenvalue weighted by molar-refractivity contribution is -0.137. The van der Waals surface area contributed by atoms with Crippen LogP contribution < -0.4 is 14.8 Å². The number of halogens is 4. The van der Waals surface area contributed by atoms with E-state index in [9.17, 15) is 13.2 Å². The maximum absolute atomic E-state index is 13.1. The van der Waals surface area contributed by atoms with Crippen molar-refractivity contribution in [1.82, 2.24) is 5.32 Å². The normalized spacial score (nSPS) is 16.7. The minimum atomic E-state index is -4.45. The smallest absolute Gasteiger partial charge is 0.417 e. The van der Waals surface area contributed by atoms with Crippen molar-refractivity contribution in [3.8, 4) is 11.5 Å². The van der Waals surface area contributed by atoms with Crippen LogP contribution in [0.2, 0.25) is 5.02 Å². The maximum Gasteiger partial charge on any atom is 0.417 e. The third-order valence-corrected chi connectivity index (χ3v) is 5.34. The van der Waals surface area contributed by atoms with Gasteiger partial charge in [-0.15, -0.1) is 0 Å². The molecule has 146 valence electrons. The SMILES string of the molecule is COc1cc2c(cc1OC)[C@H](CCc1cccc(C(F)(F)F)c1Cl)NCC2. The monoisotopic (exact) mass is 399 g/mol. The number of hydrogen-bond acceptors (Lipinski definition) is 3. The second-order valence-electron chi connectivity index (χ2n) is 6.48. The highest BCUT2D eigenvalue weighted by atomic mass is 35.5. The lowest BCUT2D eigenvalue weighted by Crippen LogP contribution is -2.30. The summed E-state index contributed by atoms with van der Waals surface area (Å²) in [4.78, 5) is 0. The van der Waals surface area contributed by atoms with Gasteiger partial charge >= 0.3 is 6.18 Å². The summed E-state index contributed by atoms with van der Waals surface area (Å²) in [6.45, 7) is 0.795. The van der Waals surface area contributed by atoms with E-state index in [1.54, 1.807) is 20.3 Å². The topological polar surface area (TPSA) is 30.5 Å². The zero-order chi connectivity index (χ0) is 19.6. The van der Waals surface area contributed by atoms with Crippen LogP contribution in [0.5, 0.6) is 11.5 Å². The number of aryl methyl sites for hydroxylation is 1. The Labute approximate surface area is 161 Å². The molecule has 0 bridgehead atoms. The molecule has 0 saturated heterocycles. The summed E-state index contributed by atoms with van der Waals surface area (Å²) in [7, 11) is 3.18. The van der Waals surface area contributed by atoms with Gasteiger partial charge in [0.25, 0.3) is 0 Å². The highest BCUT2D eigenvalue weighted by Gasteiger charge is 2.34. The van der Waals surface area contributed by atoms with E-state index in [1.165, 1.54) is 6.07 Å². The lowest BCUT2D eigenvalue weighted by Gasteiger charge is -2.28. The molecule has 0 aromatic heterocycles. The molecular weight excluding hydrogens is 379 g/mol. The molecule has 2 aromatic carbocycles. The number of fused-ring (bicyclic) bond motifs is 1. The largest absolute Gasteiger partial charge is 0.493 e. The van der Waals surface area contributed by atoms with Gasteiger partial charge in [-0.3, -0.25) is 0 Å². The average Bonchev–Trinajstić information content (AvgIpc) is 2.65. The molecule has 3 nitrogen and oxygen atoms in total. The fourth-order valence-electron chi connectivity index (χ4n) is 3.52. The lowest BCUT2D eigenvalue weighted by atomic mass is 9.90. The Hall–Kier alpha value is -1.92. The number of methoxy groups -OCH3 is 2. The standard InChI is InChI=1S/C20H21ClF3NO2/c1-26-17-10-13-8-9-25-16(14(13)11-18(17)27-2)7-6-12-4-3-5-15(19(12)21)20(22,23)24/h3-5,10-11,16,25H,6-9H2,1-2H3/t16-/m0/s1. The molecule has 1 aliphatic rings. The van der Waals surface area contributed by atoms with Gasteiger partial charge in [-0.2, -0.15) is 13.2 Å². The summed E-state index contributed by atoms with van der Waals surface area (Å²) < 4.78 is 49.9. The first kappa shape index (κ1) is 19.8. The molecule has 27 heavy (non-hydrogen) atoms. The summed E-state index contributed by atoms with van der Waals surface area (Å²) in [6, 6.07) is 7.99. The molecule has 0 spiro atoms. The molecule has 1 atom stereocenters. The quantitative estimate of drug-likeness (QED) is 0.750. The van der Waals surface area contributed by atoms with Gasteiger partial charge in [-0.1, -0.05) is 23.7 Å². The van der Waals surface area contributed by atoms with E-state index in [0.717, 1.165) is 30.2 Å². The maximum atomic E-state index is 13.1. The molecule has 1 heterocycles. The molecule has 0 fully saturated rings. The number of hydrogen-bond donors (Lipinski definition) is 1. The molecule has 0 aliphatic carbocycles. The zero-order valence-corrected chi connectivity index (χ0v) is 15.9. The van der Waals surface area contributed by atoms with E-state index in [1.807, 2.05) is 12.1 Å². The Morgan fingerprint density at radius 3 is 2.52 bits per heavy atom. The zero-order valence-electron chi connectivity index (χ0n) is 15.1. The van der Waals surface area contributed by atoms with Gasteiger partial charge in [0.2, 0.25) is 0 Å². The van der Waals surface area contributed by atoms with Crippen LogP contribution in [0, 0.1) is 0 Å². The predicted octanol–water partition coefficient (Wildman–Crippen LogP) is 5.20. The van der Waals surface area contributed by atoms with Crippen LogP contribution in [0.1, 0.15) is 34.7 Å². The van der Waals surface area contributed by atoms with Crippen molar-refractivity contribution in [2.75, 3.05) is 20.8 Å². The van der Waals surface area contributed by atoms with Crippen molar-refractivity contribution in [2.45, 2.75) is 31.5 Å². The van der Waals surface area contributed by atoms with Crippen molar-refractivity contribution < 1.29 is 22.6 Å². The third kappa shape index (κ3) is 4.17. The third-order valence-electron chi connectivity index (χ3n) is 4.89. The molecule has 0 amide bonds. The Morgan fingerprint density at radius 1 is 1.15 bits per heavy atom. The fourth-order valence-corrected chi connectivity index (χ4v) is 3.85. The second kappa shape index (κ2) is 7.98. The van der Waals surface area contributed by atoms with E-state index in [-0.39, 0.29) is 11.1 Å². The summed E-state index contributed by atoms with van der Waals surface area (Å²) in [6.07, 6.45) is -2.53. The van der Waals surface area contributed by atoms with Crippen LogP contribution in [0.15, 0.2) is 30.3 Å². The van der Waals surface area contributed by atoms with Gasteiger partial charge in [0.05, 0.1) is 24.8 Å². The number of alkyl halides is 3. The van der Waals surface area contributed by atoms with E-state index >= 15 is 0 Å². The highest BCUT2D eigenvalue weighted by Crippen LogP contribution is 2.39. The van der Waals surface area contributed by atoms with Gasteiger partial charge in [0, 0.05) is 6.04 Å². The van der Waals surface area contributed by atoms with Gasteiger partial charge in [-0.05, 0) is 60.7 Å². The van der Waals surface area contributed by atoms with Gasteiger partial charge in [0.15, 0.2) is 11.5 Å². The number of benzene rings is 2. The minimum Gasteiger partial charge on any atom is -0.493 e. The summed E-state index contributed by atoms with van der Waals surface area (Å²) in [5, 5.41) is 3.22. The Kier molecular flexibility index (Phi) is 5.86. The first-order valence-electron chi connectivity index (χ1n) is 8.68. The first-order chi connectivity index (χ1) is 12.8. The Morgan fingerprint density at radius 2 is 1.85 bits per heavy atom. The summed E-state index contributed by atoms with van der Waals surface area (Å²) in [5.74, 6) is 1.32. The number of rotatable bonds is 5. The van der Waals surface area contributed by atoms with E-state index in [2.05, 4.69) is 5.32 Å². The Bertz CT molecular complexity index is 824. The van der Waals surface area contributed by atoms with Crippen molar-refractivity contribution in [2.24, 2.45) is 0 Å². The molecule has 0 radical (unpaired) electrons. The van der Waals surface area contributed by atoms with Crippen molar-refractivity contribution in [1.29, 1.82) is 0 Å². The summed E-state index contributed by atoms with van der Waals surface area (Å²) >= 11 is 6.02. The summed E-state index contributed by atoms with van der Waals surface area (Å²) in [5.41, 5.74) is 1.96. The minimum absolute atomic E-state index is 0.0131. The van der Waals surface area contributed by atoms with Crippen molar-refractivity contribution >= 4 is 11.6 Å². The number of nitrogens with one attached hydrogen (secondary N) is 1. The molecule has 7 heteroatoms. The van der Waals surface area contributed by atoms with Crippen LogP contribution in [-0.2, 0) is 19.0 Å². The highest BCUT2D eigenvalue weighted by molar-refractivity contribution is 6.32. The van der Waals surface area contributed by atoms with E-state index in [0.29, 0.717) is 29.9 Å². The fraction of sp³-hybridized carbons (Fsp3) is 0.400. The van der Waals surface area contributed by atoms with Crippen molar-refractivity contribution in [3.05, 3.63) is 57.6 Å². The average molecular weight is 400 g/mol. The second-order valence-corrected chi connectivity index (χ2v) is 6.86. The van der Waals surface area contributed by atoms with Crippen molar-refractivity contribution in [3.63, 3.8) is 0 Å². The van der Waals surface area contributed by atoms with Crippen LogP contribution in [-0.4, -0.2) is 20.8 Å². The van der Waals surface area contributed by atoms with E-state index in [4.69, 9.17) is 21.1 Å². The van der Waals surface area contributed by atoms with Gasteiger partial charge < -0.3 is 14.8 Å². The van der Waals surface area contributed by atoms with E-state index < -0.39 is 11.7 Å².